The first-order valence-electron chi connectivity index (χ1n) is 11.8. The van der Waals surface area contributed by atoms with Crippen molar-refractivity contribution < 1.29 is 35.8 Å². The highest BCUT2D eigenvalue weighted by atomic mass is 32.2. The lowest BCUT2D eigenvalue weighted by Crippen LogP contribution is -2.39. The number of likely N-dealkylation sites (N-methyl/N-ethyl adjacent to an activating group) is 1. The first-order valence-corrected chi connectivity index (χ1v) is 14.7. The number of hydrogen-bond acceptors (Lipinski definition) is 8. The molecule has 0 atom stereocenters. The van der Waals surface area contributed by atoms with E-state index in [0.717, 1.165) is 23.6 Å². The normalized spacial score (nSPS) is 14.8. The van der Waals surface area contributed by atoms with Gasteiger partial charge in [-0.25, -0.2) is 16.8 Å². The van der Waals surface area contributed by atoms with Crippen molar-refractivity contribution in [2.24, 2.45) is 0 Å². The molecule has 1 aliphatic heterocycles. The minimum atomic E-state index is -3.94. The van der Waals surface area contributed by atoms with E-state index in [1.807, 2.05) is 0 Å². The molecule has 0 aliphatic carbocycles. The predicted molar refractivity (Wildman–Crippen MR) is 137 cm³/mol. The number of carbonyl (C=O) groups excluding carboxylic acids is 1. The van der Waals surface area contributed by atoms with Crippen LogP contribution in [0.4, 0.5) is 0 Å². The maximum absolute atomic E-state index is 12.8. The Hall–Kier alpha value is -2.87. The number of piperidine rings is 1. The molecule has 2 aromatic rings. The summed E-state index contributed by atoms with van der Waals surface area (Å²) in [7, 11) is -3.29. The highest BCUT2D eigenvalue weighted by Crippen LogP contribution is 2.30. The van der Waals surface area contributed by atoms with Gasteiger partial charge in [0.15, 0.2) is 11.5 Å². The molecule has 0 spiro atoms. The predicted octanol–water partition coefficient (Wildman–Crippen LogP) is 1.69. The number of nitrogens with zero attached hydrogens (tertiary/aromatic N) is 2. The molecular formula is C24H33N3O8S2. The maximum atomic E-state index is 12.8. The second-order valence-electron chi connectivity index (χ2n) is 8.41. The van der Waals surface area contributed by atoms with Crippen LogP contribution in [0.3, 0.4) is 0 Å². The summed E-state index contributed by atoms with van der Waals surface area (Å²) in [5.41, 5.74) is 0. The lowest BCUT2D eigenvalue weighted by Gasteiger charge is -2.25. The zero-order chi connectivity index (χ0) is 27.1. The van der Waals surface area contributed by atoms with E-state index in [9.17, 15) is 21.6 Å². The monoisotopic (exact) mass is 555 g/mol. The van der Waals surface area contributed by atoms with E-state index >= 15 is 0 Å². The molecule has 0 saturated carbocycles. The summed E-state index contributed by atoms with van der Waals surface area (Å²) in [6.07, 6.45) is 2.77. The van der Waals surface area contributed by atoms with Gasteiger partial charge in [-0.05, 0) is 49.2 Å². The number of nitrogens with one attached hydrogen (secondary N) is 1. The highest BCUT2D eigenvalue weighted by molar-refractivity contribution is 7.89. The van der Waals surface area contributed by atoms with E-state index in [0.29, 0.717) is 24.6 Å². The molecule has 1 amide bonds. The highest BCUT2D eigenvalue weighted by Gasteiger charge is 2.26. The van der Waals surface area contributed by atoms with E-state index in [1.54, 1.807) is 12.1 Å². The summed E-state index contributed by atoms with van der Waals surface area (Å²) in [5.74, 6) is 0.605. The number of rotatable bonds is 12. The quantitative estimate of drug-likeness (QED) is 0.392. The van der Waals surface area contributed by atoms with E-state index < -0.39 is 26.0 Å². The standard InChI is InChI=1S/C24H33N3O8S2/c1-26(36(29,30)21-11-12-22(33-2)23(17-21)34-3)18-24(28)25-13-16-35-19-7-9-20(10-8-19)37(31,32)27-14-5-4-6-15-27/h7-12,17H,4-6,13-16,18H2,1-3H3,(H,25,28). The number of hydrogen-bond donors (Lipinski definition) is 1. The Morgan fingerprint density at radius 2 is 1.54 bits per heavy atom. The zero-order valence-corrected chi connectivity index (χ0v) is 22.8. The molecule has 1 aliphatic rings. The van der Waals surface area contributed by atoms with E-state index in [2.05, 4.69) is 5.32 Å². The smallest absolute Gasteiger partial charge is 0.243 e. The van der Waals surface area contributed by atoms with Gasteiger partial charge < -0.3 is 19.5 Å². The third-order valence-electron chi connectivity index (χ3n) is 5.90. The largest absolute Gasteiger partial charge is 0.493 e. The van der Waals surface area contributed by atoms with Crippen LogP contribution in [0.25, 0.3) is 0 Å². The molecule has 1 fully saturated rings. The minimum Gasteiger partial charge on any atom is -0.493 e. The fourth-order valence-corrected chi connectivity index (χ4v) is 6.48. The fraction of sp³-hybridized carbons (Fsp3) is 0.458. The molecule has 3 rings (SSSR count). The Kier molecular flexibility index (Phi) is 9.76. The lowest BCUT2D eigenvalue weighted by molar-refractivity contribution is -0.121. The number of benzene rings is 2. The van der Waals surface area contributed by atoms with Gasteiger partial charge in [0.2, 0.25) is 26.0 Å². The number of carbonyl (C=O) groups is 1. The molecule has 204 valence electrons. The van der Waals surface area contributed by atoms with Crippen LogP contribution < -0.4 is 19.5 Å². The number of sulfonamides is 2. The Morgan fingerprint density at radius 1 is 0.919 bits per heavy atom. The average Bonchev–Trinajstić information content (AvgIpc) is 2.91. The van der Waals surface area contributed by atoms with E-state index in [-0.39, 0.29) is 35.2 Å². The van der Waals surface area contributed by atoms with E-state index in [1.165, 1.54) is 55.9 Å². The summed E-state index contributed by atoms with van der Waals surface area (Å²) in [4.78, 5) is 12.5. The zero-order valence-electron chi connectivity index (χ0n) is 21.2. The molecule has 1 N–H and O–H groups in total. The summed E-state index contributed by atoms with van der Waals surface area (Å²) in [6.45, 7) is 0.933. The van der Waals surface area contributed by atoms with Crippen LogP contribution in [0.1, 0.15) is 19.3 Å². The van der Waals surface area contributed by atoms with Gasteiger partial charge in [0.05, 0.1) is 37.1 Å². The van der Waals surface area contributed by atoms with Gasteiger partial charge in [0.25, 0.3) is 0 Å². The van der Waals surface area contributed by atoms with Gasteiger partial charge in [-0.15, -0.1) is 0 Å². The number of ether oxygens (including phenoxy) is 3. The fourth-order valence-electron chi connectivity index (χ4n) is 3.82. The van der Waals surface area contributed by atoms with Crippen LogP contribution >= 0.6 is 0 Å². The molecule has 1 saturated heterocycles. The molecule has 2 aromatic carbocycles. The van der Waals surface area contributed by atoms with Crippen LogP contribution in [0, 0.1) is 0 Å². The Morgan fingerprint density at radius 3 is 2.16 bits per heavy atom. The summed E-state index contributed by atoms with van der Waals surface area (Å²) < 4.78 is 69.4. The summed E-state index contributed by atoms with van der Waals surface area (Å²) >= 11 is 0. The molecule has 37 heavy (non-hydrogen) atoms. The summed E-state index contributed by atoms with van der Waals surface area (Å²) in [5, 5.41) is 2.61. The minimum absolute atomic E-state index is 0.0328. The first-order chi connectivity index (χ1) is 17.6. The Labute approximate surface area is 218 Å². The van der Waals surface area contributed by atoms with Crippen molar-refractivity contribution in [2.75, 3.05) is 54.1 Å². The Balaban J connectivity index is 1.47. The van der Waals surface area contributed by atoms with Gasteiger partial charge in [-0.3, -0.25) is 4.79 Å². The van der Waals surface area contributed by atoms with Crippen molar-refractivity contribution in [3.63, 3.8) is 0 Å². The first kappa shape index (κ1) is 28.7. The van der Waals surface area contributed by atoms with Gasteiger partial charge in [-0.2, -0.15) is 8.61 Å². The second kappa shape index (κ2) is 12.6. The molecule has 11 nitrogen and oxygen atoms in total. The van der Waals surface area contributed by atoms with Crippen molar-refractivity contribution in [1.29, 1.82) is 0 Å². The van der Waals surface area contributed by atoms with Gasteiger partial charge in [0.1, 0.15) is 12.4 Å². The van der Waals surface area contributed by atoms with Gasteiger partial charge in [-0.1, -0.05) is 6.42 Å². The molecular weight excluding hydrogens is 522 g/mol. The average molecular weight is 556 g/mol. The summed E-state index contributed by atoms with van der Waals surface area (Å²) in [6, 6.07) is 10.3. The van der Waals surface area contributed by atoms with Crippen LogP contribution in [-0.2, 0) is 24.8 Å². The molecule has 0 unspecified atom stereocenters. The van der Waals surface area contributed by atoms with Crippen LogP contribution in [0.2, 0.25) is 0 Å². The lowest BCUT2D eigenvalue weighted by atomic mass is 10.2. The van der Waals surface area contributed by atoms with Crippen molar-refractivity contribution in [3.8, 4) is 17.2 Å². The van der Waals surface area contributed by atoms with Crippen molar-refractivity contribution in [2.45, 2.75) is 29.1 Å². The van der Waals surface area contributed by atoms with E-state index in [4.69, 9.17) is 14.2 Å². The molecule has 13 heteroatoms. The topological polar surface area (TPSA) is 132 Å². The Bertz CT molecular complexity index is 1280. The SMILES string of the molecule is COc1ccc(S(=O)(=O)N(C)CC(=O)NCCOc2ccc(S(=O)(=O)N3CCCCC3)cc2)cc1OC. The maximum Gasteiger partial charge on any atom is 0.243 e. The second-order valence-corrected chi connectivity index (χ2v) is 12.4. The van der Waals surface area contributed by atoms with Crippen molar-refractivity contribution in [1.82, 2.24) is 13.9 Å². The van der Waals surface area contributed by atoms with Crippen LogP contribution in [-0.4, -0.2) is 85.4 Å². The number of methoxy groups -OCH3 is 2. The third-order valence-corrected chi connectivity index (χ3v) is 9.61. The number of amides is 1. The van der Waals surface area contributed by atoms with Crippen molar-refractivity contribution in [3.05, 3.63) is 42.5 Å². The molecule has 0 aromatic heterocycles. The molecule has 0 bridgehead atoms. The third kappa shape index (κ3) is 7.12. The molecule has 0 radical (unpaired) electrons. The molecule has 1 heterocycles. The van der Waals surface area contributed by atoms with Gasteiger partial charge in [0, 0.05) is 26.2 Å². The van der Waals surface area contributed by atoms with Crippen molar-refractivity contribution >= 4 is 26.0 Å². The van der Waals surface area contributed by atoms with Crippen LogP contribution in [0.5, 0.6) is 17.2 Å². The van der Waals surface area contributed by atoms with Gasteiger partial charge >= 0.3 is 0 Å². The van der Waals surface area contributed by atoms with Crippen LogP contribution in [0.15, 0.2) is 52.3 Å².